The molecule has 0 saturated heterocycles. The highest BCUT2D eigenvalue weighted by Crippen LogP contribution is 2.26. The van der Waals surface area contributed by atoms with Gasteiger partial charge < -0.3 is 4.74 Å². The Labute approximate surface area is 117 Å². The second-order valence-corrected chi connectivity index (χ2v) is 5.54. The van der Waals surface area contributed by atoms with Crippen LogP contribution in [0, 0.1) is 5.82 Å². The van der Waals surface area contributed by atoms with E-state index in [1.165, 1.54) is 19.2 Å². The first kappa shape index (κ1) is 14.2. The van der Waals surface area contributed by atoms with Crippen molar-refractivity contribution in [2.45, 2.75) is 26.2 Å². The summed E-state index contributed by atoms with van der Waals surface area (Å²) in [5.74, 6) is -0.803. The molecule has 0 N–H and O–H groups in total. The number of methoxy groups -OCH3 is 1. The van der Waals surface area contributed by atoms with Gasteiger partial charge in [-0.25, -0.2) is 13.9 Å². The Hall–Kier alpha value is -2.17. The van der Waals surface area contributed by atoms with Crippen molar-refractivity contribution in [2.75, 3.05) is 7.11 Å². The van der Waals surface area contributed by atoms with E-state index in [0.29, 0.717) is 5.69 Å². The molecule has 106 valence electrons. The Morgan fingerprint density at radius 3 is 2.35 bits per heavy atom. The van der Waals surface area contributed by atoms with Crippen LogP contribution in [0.1, 0.15) is 37.0 Å². The molecule has 0 atom stereocenters. The molecule has 2 aromatic rings. The first-order chi connectivity index (χ1) is 9.32. The molecule has 0 fully saturated rings. The molecule has 4 nitrogen and oxygen atoms in total. The van der Waals surface area contributed by atoms with Crippen molar-refractivity contribution in [3.8, 4) is 5.69 Å². The summed E-state index contributed by atoms with van der Waals surface area (Å²) in [6.07, 6.45) is 0. The summed E-state index contributed by atoms with van der Waals surface area (Å²) in [7, 11) is 1.32. The minimum atomic E-state index is -0.489. The molecule has 0 amide bonds. The smallest absolute Gasteiger partial charge is 0.358 e. The van der Waals surface area contributed by atoms with Crippen molar-refractivity contribution in [3.63, 3.8) is 0 Å². The van der Waals surface area contributed by atoms with Crippen LogP contribution in [-0.4, -0.2) is 22.9 Å². The van der Waals surface area contributed by atoms with E-state index in [1.54, 1.807) is 22.9 Å². The van der Waals surface area contributed by atoms with Gasteiger partial charge in [-0.1, -0.05) is 20.8 Å². The molecule has 0 aliphatic rings. The minimum Gasteiger partial charge on any atom is -0.464 e. The Bertz CT molecular complexity index is 624. The summed E-state index contributed by atoms with van der Waals surface area (Å²) in [4.78, 5) is 11.6. The number of carbonyl (C=O) groups is 1. The summed E-state index contributed by atoms with van der Waals surface area (Å²) in [6, 6.07) is 7.68. The van der Waals surface area contributed by atoms with E-state index < -0.39 is 5.97 Å². The summed E-state index contributed by atoms with van der Waals surface area (Å²) in [5.41, 5.74) is 1.57. The van der Waals surface area contributed by atoms with Gasteiger partial charge in [0, 0.05) is 5.41 Å². The first-order valence-electron chi connectivity index (χ1n) is 6.28. The highest BCUT2D eigenvalue weighted by molar-refractivity contribution is 5.87. The Kier molecular flexibility index (Phi) is 3.61. The summed E-state index contributed by atoms with van der Waals surface area (Å²) >= 11 is 0. The number of halogens is 1. The van der Waals surface area contributed by atoms with Crippen LogP contribution in [0.25, 0.3) is 5.69 Å². The molecule has 1 aromatic carbocycles. The van der Waals surface area contributed by atoms with Crippen molar-refractivity contribution in [1.82, 2.24) is 9.78 Å². The lowest BCUT2D eigenvalue weighted by Gasteiger charge is -2.20. The molecule has 0 bridgehead atoms. The maximum atomic E-state index is 13.0. The third kappa shape index (κ3) is 2.71. The molecule has 0 saturated carbocycles. The summed E-state index contributed by atoms with van der Waals surface area (Å²) in [6.45, 7) is 6.06. The van der Waals surface area contributed by atoms with E-state index in [0.717, 1.165) is 5.69 Å². The molecule has 0 aliphatic carbocycles. The highest BCUT2D eigenvalue weighted by Gasteiger charge is 2.24. The quantitative estimate of drug-likeness (QED) is 0.792. The molecule has 1 aromatic heterocycles. The summed E-state index contributed by atoms with van der Waals surface area (Å²) < 4.78 is 19.4. The zero-order chi connectivity index (χ0) is 14.9. The Morgan fingerprint density at radius 1 is 1.25 bits per heavy atom. The average Bonchev–Trinajstić information content (AvgIpc) is 2.83. The zero-order valence-electron chi connectivity index (χ0n) is 12.0. The number of ether oxygens (including phenoxy) is 1. The van der Waals surface area contributed by atoms with Gasteiger partial charge in [-0.2, -0.15) is 5.10 Å². The third-order valence-corrected chi connectivity index (χ3v) is 2.94. The zero-order valence-corrected chi connectivity index (χ0v) is 12.0. The molecule has 20 heavy (non-hydrogen) atoms. The predicted octanol–water partition coefficient (Wildman–Crippen LogP) is 3.10. The van der Waals surface area contributed by atoms with Gasteiger partial charge in [0.2, 0.25) is 0 Å². The molecule has 2 rings (SSSR count). The highest BCUT2D eigenvalue weighted by atomic mass is 19.1. The number of benzene rings is 1. The maximum Gasteiger partial charge on any atom is 0.358 e. The predicted molar refractivity (Wildman–Crippen MR) is 73.6 cm³/mol. The Morgan fingerprint density at radius 2 is 1.85 bits per heavy atom. The lowest BCUT2D eigenvalue weighted by Crippen LogP contribution is -2.17. The van der Waals surface area contributed by atoms with Gasteiger partial charge >= 0.3 is 5.97 Å². The number of hydrogen-bond donors (Lipinski definition) is 0. The molecule has 0 aliphatic heterocycles. The number of carbonyl (C=O) groups excluding carboxylic acids is 1. The number of esters is 1. The van der Waals surface area contributed by atoms with Crippen LogP contribution >= 0.6 is 0 Å². The molecule has 0 unspecified atom stereocenters. The fourth-order valence-electron chi connectivity index (χ4n) is 1.90. The molecule has 0 spiro atoms. The van der Waals surface area contributed by atoms with E-state index >= 15 is 0 Å². The van der Waals surface area contributed by atoms with Gasteiger partial charge in [0.15, 0.2) is 5.69 Å². The lowest BCUT2D eigenvalue weighted by atomic mass is 9.91. The topological polar surface area (TPSA) is 44.1 Å². The molecule has 5 heteroatoms. The molecule has 1 heterocycles. The van der Waals surface area contributed by atoms with Crippen LogP contribution in [0.5, 0.6) is 0 Å². The van der Waals surface area contributed by atoms with E-state index in [1.807, 2.05) is 20.8 Å². The second kappa shape index (κ2) is 5.07. The van der Waals surface area contributed by atoms with Gasteiger partial charge in [0.05, 0.1) is 18.5 Å². The van der Waals surface area contributed by atoms with Crippen LogP contribution in [0.15, 0.2) is 30.3 Å². The van der Waals surface area contributed by atoms with Crippen LogP contribution < -0.4 is 0 Å². The van der Waals surface area contributed by atoms with Crippen LogP contribution in [-0.2, 0) is 10.2 Å². The van der Waals surface area contributed by atoms with E-state index in [4.69, 9.17) is 4.74 Å². The van der Waals surface area contributed by atoms with Crippen molar-refractivity contribution in [2.24, 2.45) is 0 Å². The van der Waals surface area contributed by atoms with Gasteiger partial charge in [-0.05, 0) is 30.3 Å². The van der Waals surface area contributed by atoms with Crippen LogP contribution in [0.4, 0.5) is 4.39 Å². The first-order valence-corrected chi connectivity index (χ1v) is 6.28. The van der Waals surface area contributed by atoms with Crippen molar-refractivity contribution in [3.05, 3.63) is 47.5 Å². The van der Waals surface area contributed by atoms with E-state index in [9.17, 15) is 9.18 Å². The Balaban J connectivity index is 2.58. The number of hydrogen-bond acceptors (Lipinski definition) is 3. The van der Waals surface area contributed by atoms with Crippen LogP contribution in [0.2, 0.25) is 0 Å². The fourth-order valence-corrected chi connectivity index (χ4v) is 1.90. The van der Waals surface area contributed by atoms with Gasteiger partial charge in [-0.3, -0.25) is 0 Å². The number of aromatic nitrogens is 2. The standard InChI is InChI=1S/C15H17FN2O2/c1-15(2,3)13-9-12(14(19)20-4)17-18(13)11-7-5-10(16)6-8-11/h5-9H,1-4H3. The minimum absolute atomic E-state index is 0.215. The van der Waals surface area contributed by atoms with Gasteiger partial charge in [0.25, 0.3) is 0 Å². The van der Waals surface area contributed by atoms with Crippen molar-refractivity contribution < 1.29 is 13.9 Å². The lowest BCUT2D eigenvalue weighted by molar-refractivity contribution is 0.0593. The van der Waals surface area contributed by atoms with Gasteiger partial charge in [-0.15, -0.1) is 0 Å². The second-order valence-electron chi connectivity index (χ2n) is 5.54. The monoisotopic (exact) mass is 276 g/mol. The SMILES string of the molecule is COC(=O)c1cc(C(C)(C)C)n(-c2ccc(F)cc2)n1. The fraction of sp³-hybridized carbons (Fsp3) is 0.333. The van der Waals surface area contributed by atoms with Gasteiger partial charge in [0.1, 0.15) is 5.82 Å². The van der Waals surface area contributed by atoms with Crippen LogP contribution in [0.3, 0.4) is 0 Å². The molecular weight excluding hydrogens is 259 g/mol. The largest absolute Gasteiger partial charge is 0.464 e. The molecule has 0 radical (unpaired) electrons. The summed E-state index contributed by atoms with van der Waals surface area (Å²) in [5, 5.41) is 4.27. The van der Waals surface area contributed by atoms with Crippen molar-refractivity contribution >= 4 is 5.97 Å². The average molecular weight is 276 g/mol. The van der Waals surface area contributed by atoms with E-state index in [-0.39, 0.29) is 16.9 Å². The number of rotatable bonds is 2. The van der Waals surface area contributed by atoms with E-state index in [2.05, 4.69) is 5.10 Å². The third-order valence-electron chi connectivity index (χ3n) is 2.94. The molecular formula is C15H17FN2O2. The normalized spacial score (nSPS) is 11.4. The maximum absolute atomic E-state index is 13.0. The number of nitrogens with zero attached hydrogens (tertiary/aromatic N) is 2. The van der Waals surface area contributed by atoms with Crippen molar-refractivity contribution in [1.29, 1.82) is 0 Å².